The lowest BCUT2D eigenvalue weighted by atomic mass is 9.93. The second-order valence-electron chi connectivity index (χ2n) is 7.34. The van der Waals surface area contributed by atoms with Gasteiger partial charge in [0.05, 0.1) is 12.2 Å². The average molecular weight is 362 g/mol. The van der Waals surface area contributed by atoms with E-state index in [9.17, 15) is 5.11 Å². The largest absolute Gasteiger partial charge is 0.396 e. The van der Waals surface area contributed by atoms with Crippen LogP contribution in [-0.4, -0.2) is 39.0 Å². The fourth-order valence-electron chi connectivity index (χ4n) is 3.71. The minimum absolute atomic E-state index is 0.289. The molecule has 1 fully saturated rings. The minimum atomic E-state index is 0.289. The number of hydrogen-bond donors (Lipinski definition) is 1. The van der Waals surface area contributed by atoms with Gasteiger partial charge in [-0.25, -0.2) is 0 Å². The van der Waals surface area contributed by atoms with Gasteiger partial charge in [0.15, 0.2) is 0 Å². The van der Waals surface area contributed by atoms with Crippen LogP contribution in [0.2, 0.25) is 5.02 Å². The molecule has 1 aliphatic heterocycles. The Kier molecular flexibility index (Phi) is 5.82. The second kappa shape index (κ2) is 7.90. The zero-order valence-electron chi connectivity index (χ0n) is 15.4. The number of piperidine rings is 1. The van der Waals surface area contributed by atoms with Gasteiger partial charge in [-0.2, -0.15) is 5.10 Å². The van der Waals surface area contributed by atoms with E-state index in [0.29, 0.717) is 12.0 Å². The third-order valence-corrected chi connectivity index (χ3v) is 5.76. The maximum Gasteiger partial charge on any atom is 0.0662 e. The van der Waals surface area contributed by atoms with Crippen molar-refractivity contribution in [1.29, 1.82) is 0 Å². The van der Waals surface area contributed by atoms with Gasteiger partial charge in [0, 0.05) is 42.0 Å². The molecule has 0 saturated carbocycles. The Morgan fingerprint density at radius 2 is 1.88 bits per heavy atom. The third-order valence-electron chi connectivity index (χ3n) is 5.51. The second-order valence-corrected chi connectivity index (χ2v) is 7.77. The molecule has 4 nitrogen and oxygen atoms in total. The van der Waals surface area contributed by atoms with Crippen LogP contribution in [0.15, 0.2) is 24.3 Å². The highest BCUT2D eigenvalue weighted by Crippen LogP contribution is 2.25. The number of aryl methyl sites for hydroxylation is 1. The fraction of sp³-hybridized carbons (Fsp3) is 0.550. The van der Waals surface area contributed by atoms with Crippen LogP contribution < -0.4 is 0 Å². The van der Waals surface area contributed by atoms with Crippen molar-refractivity contribution in [2.75, 3.05) is 13.2 Å². The Morgan fingerprint density at radius 3 is 2.56 bits per heavy atom. The zero-order valence-corrected chi connectivity index (χ0v) is 16.1. The zero-order chi connectivity index (χ0) is 18.0. The number of hydrogen-bond acceptors (Lipinski definition) is 3. The van der Waals surface area contributed by atoms with Crippen molar-refractivity contribution in [3.05, 3.63) is 51.8 Å². The molecule has 0 amide bonds. The maximum absolute atomic E-state index is 9.51. The number of aliphatic hydroxyl groups is 1. The van der Waals surface area contributed by atoms with Crippen LogP contribution in [0.1, 0.15) is 42.3 Å². The highest BCUT2D eigenvalue weighted by molar-refractivity contribution is 6.30. The Balaban J connectivity index is 1.76. The Labute approximate surface area is 155 Å². The number of rotatable bonds is 5. The lowest BCUT2D eigenvalue weighted by Gasteiger charge is -2.37. The summed E-state index contributed by atoms with van der Waals surface area (Å²) in [7, 11) is 0. The predicted octanol–water partition coefficient (Wildman–Crippen LogP) is 3.79. The smallest absolute Gasteiger partial charge is 0.0662 e. The summed E-state index contributed by atoms with van der Waals surface area (Å²) in [4.78, 5) is 2.49. The molecule has 0 aliphatic carbocycles. The van der Waals surface area contributed by atoms with Gasteiger partial charge in [-0.1, -0.05) is 23.7 Å². The van der Waals surface area contributed by atoms with Gasteiger partial charge in [0.2, 0.25) is 0 Å². The molecule has 2 heterocycles. The van der Waals surface area contributed by atoms with E-state index in [2.05, 4.69) is 42.5 Å². The summed E-state index contributed by atoms with van der Waals surface area (Å²) in [5, 5.41) is 15.0. The van der Waals surface area contributed by atoms with Gasteiger partial charge in [0.25, 0.3) is 0 Å². The molecule has 0 radical (unpaired) electrons. The molecule has 0 spiro atoms. The van der Waals surface area contributed by atoms with Gasteiger partial charge in [-0.15, -0.1) is 0 Å². The quantitative estimate of drug-likeness (QED) is 0.880. The van der Waals surface area contributed by atoms with Crippen LogP contribution in [0.4, 0.5) is 0 Å². The summed E-state index contributed by atoms with van der Waals surface area (Å²) >= 11 is 5.98. The van der Waals surface area contributed by atoms with Crippen LogP contribution >= 0.6 is 11.6 Å². The molecule has 1 saturated heterocycles. The Bertz CT molecular complexity index is 710. The first-order valence-corrected chi connectivity index (χ1v) is 9.48. The molecule has 2 aromatic rings. The normalized spacial score (nSPS) is 21.6. The van der Waals surface area contributed by atoms with Crippen molar-refractivity contribution in [3.63, 3.8) is 0 Å². The van der Waals surface area contributed by atoms with Crippen LogP contribution in [0.5, 0.6) is 0 Å². The Hall–Kier alpha value is -1.36. The predicted molar refractivity (Wildman–Crippen MR) is 102 cm³/mol. The first kappa shape index (κ1) is 18.4. The number of aromatic nitrogens is 2. The molecule has 1 N–H and O–H groups in total. The number of nitrogens with zero attached hydrogens (tertiary/aromatic N) is 3. The van der Waals surface area contributed by atoms with Gasteiger partial charge in [-0.3, -0.25) is 9.58 Å². The van der Waals surface area contributed by atoms with E-state index in [0.717, 1.165) is 43.2 Å². The van der Waals surface area contributed by atoms with Crippen molar-refractivity contribution >= 4 is 11.6 Å². The lowest BCUT2D eigenvalue weighted by molar-refractivity contribution is 0.0768. The molecule has 1 aromatic heterocycles. The monoisotopic (exact) mass is 361 g/mol. The minimum Gasteiger partial charge on any atom is -0.396 e. The van der Waals surface area contributed by atoms with Gasteiger partial charge in [0.1, 0.15) is 0 Å². The number of aliphatic hydroxyl groups excluding tert-OH is 1. The molecule has 1 aromatic carbocycles. The topological polar surface area (TPSA) is 41.3 Å². The maximum atomic E-state index is 9.51. The Morgan fingerprint density at radius 1 is 1.16 bits per heavy atom. The van der Waals surface area contributed by atoms with E-state index in [-0.39, 0.29) is 6.61 Å². The van der Waals surface area contributed by atoms with Crippen molar-refractivity contribution in [2.24, 2.45) is 5.92 Å². The van der Waals surface area contributed by atoms with Gasteiger partial charge in [-0.05, 0) is 57.2 Å². The van der Waals surface area contributed by atoms with E-state index in [1.807, 2.05) is 12.1 Å². The molecule has 0 bridgehead atoms. The molecule has 1 aliphatic rings. The molecule has 2 atom stereocenters. The highest BCUT2D eigenvalue weighted by atomic mass is 35.5. The summed E-state index contributed by atoms with van der Waals surface area (Å²) in [6.45, 7) is 9.48. The summed E-state index contributed by atoms with van der Waals surface area (Å²) < 4.78 is 2.09. The van der Waals surface area contributed by atoms with Gasteiger partial charge < -0.3 is 5.11 Å². The molecule has 0 unspecified atom stereocenters. The van der Waals surface area contributed by atoms with Crippen molar-refractivity contribution in [3.8, 4) is 0 Å². The molecular formula is C20H28ClN3O. The van der Waals surface area contributed by atoms with Gasteiger partial charge >= 0.3 is 0 Å². The summed E-state index contributed by atoms with van der Waals surface area (Å²) in [5.74, 6) is 0.404. The van der Waals surface area contributed by atoms with E-state index in [1.165, 1.54) is 16.8 Å². The van der Waals surface area contributed by atoms with Crippen LogP contribution in [0.25, 0.3) is 0 Å². The van der Waals surface area contributed by atoms with Crippen LogP contribution in [0.3, 0.4) is 0 Å². The average Bonchev–Trinajstić information content (AvgIpc) is 2.86. The van der Waals surface area contributed by atoms with Crippen molar-refractivity contribution in [2.45, 2.75) is 52.7 Å². The van der Waals surface area contributed by atoms with Crippen molar-refractivity contribution in [1.82, 2.24) is 14.7 Å². The number of halogens is 1. The standard InChI is InChI=1S/C20H28ClN3O/c1-14-4-5-18(13-25)10-23(14)12-20-15(2)22-24(16(20)3)11-17-6-8-19(21)9-7-17/h6-9,14,18,25H,4-5,10-13H2,1-3H3/t14-,18-/m1/s1. The molecule has 25 heavy (non-hydrogen) atoms. The molecule has 5 heteroatoms. The summed E-state index contributed by atoms with van der Waals surface area (Å²) in [6.07, 6.45) is 2.28. The van der Waals surface area contributed by atoms with E-state index < -0.39 is 0 Å². The van der Waals surface area contributed by atoms with Crippen LogP contribution in [-0.2, 0) is 13.1 Å². The summed E-state index contributed by atoms with van der Waals surface area (Å²) in [6, 6.07) is 8.51. The van der Waals surface area contributed by atoms with E-state index in [4.69, 9.17) is 16.7 Å². The van der Waals surface area contributed by atoms with Crippen molar-refractivity contribution < 1.29 is 5.11 Å². The highest BCUT2D eigenvalue weighted by Gasteiger charge is 2.26. The number of likely N-dealkylation sites (tertiary alicyclic amines) is 1. The summed E-state index contributed by atoms with van der Waals surface area (Å²) in [5.41, 5.74) is 4.85. The molecule has 136 valence electrons. The first-order valence-electron chi connectivity index (χ1n) is 9.10. The lowest BCUT2D eigenvalue weighted by Crippen LogP contribution is -2.42. The fourth-order valence-corrected chi connectivity index (χ4v) is 3.84. The van der Waals surface area contributed by atoms with E-state index in [1.54, 1.807) is 0 Å². The first-order chi connectivity index (χ1) is 12.0. The third kappa shape index (κ3) is 4.25. The molecule has 3 rings (SSSR count). The SMILES string of the molecule is Cc1nn(Cc2ccc(Cl)cc2)c(C)c1CN1C[C@H](CO)CC[C@H]1C. The number of benzene rings is 1. The van der Waals surface area contributed by atoms with Crippen LogP contribution in [0, 0.1) is 19.8 Å². The van der Waals surface area contributed by atoms with E-state index >= 15 is 0 Å². The molecular weight excluding hydrogens is 334 g/mol.